The molecule has 0 radical (unpaired) electrons. The summed E-state index contributed by atoms with van der Waals surface area (Å²) in [6, 6.07) is 21.3. The van der Waals surface area contributed by atoms with Crippen LogP contribution in [0.5, 0.6) is 0 Å². The van der Waals surface area contributed by atoms with E-state index in [1.54, 1.807) is 10.9 Å². The molecule has 2 aromatic heterocycles. The summed E-state index contributed by atoms with van der Waals surface area (Å²) in [4.78, 5) is 14.5. The van der Waals surface area contributed by atoms with Gasteiger partial charge in [0, 0.05) is 25.6 Å². The lowest BCUT2D eigenvalue weighted by atomic mass is 9.75. The van der Waals surface area contributed by atoms with Crippen molar-refractivity contribution >= 4 is 17.0 Å². The van der Waals surface area contributed by atoms with Gasteiger partial charge in [0.2, 0.25) is 0 Å². The number of benzene rings is 2. The first-order valence-electron chi connectivity index (χ1n) is 15.6. The highest BCUT2D eigenvalue weighted by Crippen LogP contribution is 2.36. The molecule has 1 saturated heterocycles. The van der Waals surface area contributed by atoms with Gasteiger partial charge in [-0.15, -0.1) is 0 Å². The fraction of sp³-hybridized carbons (Fsp3) is 0.500. The zero-order valence-corrected chi connectivity index (χ0v) is 25.8. The highest BCUT2D eigenvalue weighted by Gasteiger charge is 2.44. The second-order valence-corrected chi connectivity index (χ2v) is 12.9. The number of rotatable bonds is 11. The van der Waals surface area contributed by atoms with E-state index in [-0.39, 0.29) is 12.5 Å². The number of hydrogen-bond donors (Lipinski definition) is 4. The molecule has 10 nitrogen and oxygen atoms in total. The van der Waals surface area contributed by atoms with Crippen molar-refractivity contribution in [2.75, 3.05) is 25.6 Å². The van der Waals surface area contributed by atoms with Gasteiger partial charge in [-0.25, -0.2) is 15.0 Å². The summed E-state index contributed by atoms with van der Waals surface area (Å²) >= 11 is 0. The molecule has 4 N–H and O–H groups in total. The van der Waals surface area contributed by atoms with Gasteiger partial charge in [-0.3, -0.25) is 4.57 Å². The smallest absolute Gasteiger partial charge is 0.168 e. The molecule has 4 aromatic rings. The Kier molecular flexibility index (Phi) is 9.25. The van der Waals surface area contributed by atoms with E-state index in [1.165, 1.54) is 31.1 Å². The van der Waals surface area contributed by atoms with E-state index in [2.05, 4.69) is 78.0 Å². The predicted molar refractivity (Wildman–Crippen MR) is 169 cm³/mol. The Morgan fingerprint density at radius 2 is 1.64 bits per heavy atom. The van der Waals surface area contributed by atoms with Crippen LogP contribution in [0.1, 0.15) is 68.6 Å². The van der Waals surface area contributed by atoms with Crippen LogP contribution in [-0.2, 0) is 16.0 Å². The number of methoxy groups -OCH3 is 1. The van der Waals surface area contributed by atoms with Crippen molar-refractivity contribution in [2.45, 2.75) is 82.6 Å². The molecule has 2 aromatic carbocycles. The van der Waals surface area contributed by atoms with Gasteiger partial charge in [0.25, 0.3) is 0 Å². The molecule has 1 aliphatic heterocycles. The molecule has 6 rings (SSSR count). The molecule has 4 atom stereocenters. The molecule has 1 aliphatic carbocycles. The molecule has 0 spiro atoms. The third-order valence-electron chi connectivity index (χ3n) is 9.18. The van der Waals surface area contributed by atoms with Crippen LogP contribution in [0, 0.1) is 5.41 Å². The predicted octanol–water partition coefficient (Wildman–Crippen LogP) is 4.39. The summed E-state index contributed by atoms with van der Waals surface area (Å²) in [6.45, 7) is 5.94. The Morgan fingerprint density at radius 1 is 0.977 bits per heavy atom. The Bertz CT molecular complexity index is 1470. The fourth-order valence-corrected chi connectivity index (χ4v) is 6.45. The van der Waals surface area contributed by atoms with Crippen molar-refractivity contribution < 1.29 is 19.7 Å². The second kappa shape index (κ2) is 13.3. The molecular formula is C34H44N6O4. The van der Waals surface area contributed by atoms with E-state index in [0.717, 1.165) is 12.8 Å². The number of aliphatic hydroxyl groups excluding tert-OH is 2. The van der Waals surface area contributed by atoms with Crippen molar-refractivity contribution in [1.29, 1.82) is 0 Å². The molecule has 234 valence electrons. The molecule has 1 saturated carbocycles. The maximum absolute atomic E-state index is 10.9. The van der Waals surface area contributed by atoms with Crippen LogP contribution in [0.3, 0.4) is 0 Å². The van der Waals surface area contributed by atoms with Crippen molar-refractivity contribution in [3.8, 4) is 0 Å². The van der Waals surface area contributed by atoms with Crippen LogP contribution in [0.15, 0.2) is 67.0 Å². The van der Waals surface area contributed by atoms with E-state index in [4.69, 9.17) is 19.4 Å². The van der Waals surface area contributed by atoms with Crippen LogP contribution in [-0.4, -0.2) is 74.3 Å². The van der Waals surface area contributed by atoms with Crippen molar-refractivity contribution in [3.63, 3.8) is 0 Å². The first-order valence-corrected chi connectivity index (χ1v) is 15.6. The van der Waals surface area contributed by atoms with Crippen LogP contribution >= 0.6 is 0 Å². The molecule has 2 aliphatic rings. The first kappa shape index (κ1) is 30.6. The summed E-state index contributed by atoms with van der Waals surface area (Å²) < 4.78 is 12.9. The standard InChI is InChI=1S/C34H44N6O4/c1-34(2)16-14-24(15-17-34)35-19-27-38-31(36-18-25(22-10-6-4-7-11-22)23-12-8-5-9-13-23)28-32(39-27)40(21-37-28)33-30(42)29(41)26(44-33)20-43-3/h4-13,21,24-26,29-30,33,35,41-42H,14-20H2,1-3H3,(H,36,38,39). The fourth-order valence-electron chi connectivity index (χ4n) is 6.45. The lowest BCUT2D eigenvalue weighted by Gasteiger charge is -2.34. The van der Waals surface area contributed by atoms with E-state index in [9.17, 15) is 10.2 Å². The zero-order valence-electron chi connectivity index (χ0n) is 25.8. The van der Waals surface area contributed by atoms with Gasteiger partial charge in [0.05, 0.1) is 19.5 Å². The van der Waals surface area contributed by atoms with E-state index < -0.39 is 24.5 Å². The third kappa shape index (κ3) is 6.64. The SMILES string of the molecule is COCC1OC(n2cnc3c(NCC(c4ccccc4)c4ccccc4)nc(CNC4CCC(C)(C)CC4)nc32)C(O)C1O. The number of ether oxygens (including phenoxy) is 2. The van der Waals surface area contributed by atoms with Crippen molar-refractivity contribution in [1.82, 2.24) is 24.8 Å². The lowest BCUT2D eigenvalue weighted by Crippen LogP contribution is -2.35. The molecular weight excluding hydrogens is 556 g/mol. The molecule has 4 unspecified atom stereocenters. The second-order valence-electron chi connectivity index (χ2n) is 12.9. The van der Waals surface area contributed by atoms with Gasteiger partial charge < -0.3 is 30.3 Å². The molecule has 2 fully saturated rings. The van der Waals surface area contributed by atoms with Gasteiger partial charge in [-0.1, -0.05) is 74.5 Å². The molecule has 0 bridgehead atoms. The minimum atomic E-state index is -1.16. The zero-order chi connectivity index (χ0) is 30.7. The summed E-state index contributed by atoms with van der Waals surface area (Å²) in [6.07, 6.45) is 2.44. The molecule has 3 heterocycles. The van der Waals surface area contributed by atoms with Gasteiger partial charge in [0.1, 0.15) is 24.1 Å². The number of imidazole rings is 1. The number of aromatic nitrogens is 4. The number of nitrogens with one attached hydrogen (secondary N) is 2. The van der Waals surface area contributed by atoms with Gasteiger partial charge in [-0.05, 0) is 42.2 Å². The Labute approximate surface area is 258 Å². The minimum Gasteiger partial charge on any atom is -0.387 e. The maximum Gasteiger partial charge on any atom is 0.168 e. The monoisotopic (exact) mass is 600 g/mol. The number of aliphatic hydroxyl groups is 2. The average molecular weight is 601 g/mol. The highest BCUT2D eigenvalue weighted by atomic mass is 16.6. The van der Waals surface area contributed by atoms with Crippen molar-refractivity contribution in [2.24, 2.45) is 5.41 Å². The Balaban J connectivity index is 1.31. The molecule has 0 amide bonds. The van der Waals surface area contributed by atoms with Crippen molar-refractivity contribution in [3.05, 3.63) is 83.9 Å². The van der Waals surface area contributed by atoms with Crippen LogP contribution < -0.4 is 10.6 Å². The first-order chi connectivity index (χ1) is 21.3. The summed E-state index contributed by atoms with van der Waals surface area (Å²) in [5.41, 5.74) is 3.90. The van der Waals surface area contributed by atoms with Crippen LogP contribution in [0.2, 0.25) is 0 Å². The summed E-state index contributed by atoms with van der Waals surface area (Å²) in [5, 5.41) is 28.8. The normalized spacial score (nSPS) is 23.9. The number of hydrogen-bond acceptors (Lipinski definition) is 9. The quantitative estimate of drug-likeness (QED) is 0.198. The van der Waals surface area contributed by atoms with E-state index >= 15 is 0 Å². The van der Waals surface area contributed by atoms with Crippen LogP contribution in [0.4, 0.5) is 5.82 Å². The van der Waals surface area contributed by atoms with E-state index in [0.29, 0.717) is 47.4 Å². The average Bonchev–Trinajstić information content (AvgIpc) is 3.58. The lowest BCUT2D eigenvalue weighted by molar-refractivity contribution is -0.0580. The molecule has 44 heavy (non-hydrogen) atoms. The van der Waals surface area contributed by atoms with Gasteiger partial charge in [0.15, 0.2) is 23.2 Å². The number of fused-ring (bicyclic) bond motifs is 1. The van der Waals surface area contributed by atoms with E-state index in [1.807, 2.05) is 12.1 Å². The highest BCUT2D eigenvalue weighted by molar-refractivity contribution is 5.83. The third-order valence-corrected chi connectivity index (χ3v) is 9.18. The maximum atomic E-state index is 10.9. The minimum absolute atomic E-state index is 0.0848. The number of anilines is 1. The van der Waals surface area contributed by atoms with Gasteiger partial charge >= 0.3 is 0 Å². The topological polar surface area (TPSA) is 127 Å². The largest absolute Gasteiger partial charge is 0.387 e. The van der Waals surface area contributed by atoms with Gasteiger partial charge in [-0.2, -0.15) is 0 Å². The summed E-state index contributed by atoms with van der Waals surface area (Å²) in [7, 11) is 1.54. The summed E-state index contributed by atoms with van der Waals surface area (Å²) in [5.74, 6) is 1.33. The molecule has 10 heteroatoms. The Hall–Kier alpha value is -3.41. The Morgan fingerprint density at radius 3 is 2.27 bits per heavy atom. The number of nitrogens with zero attached hydrogens (tertiary/aromatic N) is 4. The van der Waals surface area contributed by atoms with Crippen LogP contribution in [0.25, 0.3) is 11.2 Å².